The normalized spacial score (nSPS) is 14.2. The zero-order valence-electron chi connectivity index (χ0n) is 20.3. The molecule has 0 saturated heterocycles. The summed E-state index contributed by atoms with van der Waals surface area (Å²) in [7, 11) is 1.66. The van der Waals surface area contributed by atoms with Crippen molar-refractivity contribution >= 4 is 23.7 Å². The highest BCUT2D eigenvalue weighted by molar-refractivity contribution is 7.96. The Morgan fingerprint density at radius 3 is 2.31 bits per heavy atom. The highest BCUT2D eigenvalue weighted by Gasteiger charge is 2.41. The van der Waals surface area contributed by atoms with Crippen LogP contribution in [0.25, 0.3) is 11.3 Å². The summed E-state index contributed by atoms with van der Waals surface area (Å²) in [6, 6.07) is 22.1. The number of anilines is 1. The second-order valence-corrected chi connectivity index (χ2v) is 9.15. The van der Waals surface area contributed by atoms with E-state index in [-0.39, 0.29) is 18.3 Å². The minimum Gasteiger partial charge on any atom is -0.497 e. The third-order valence-corrected chi connectivity index (χ3v) is 6.88. The van der Waals surface area contributed by atoms with Crippen molar-refractivity contribution < 1.29 is 21.9 Å². The predicted molar refractivity (Wildman–Crippen MR) is 146 cm³/mol. The summed E-state index contributed by atoms with van der Waals surface area (Å²) < 4.78 is 8.57. The van der Waals surface area contributed by atoms with E-state index in [0.29, 0.717) is 5.82 Å². The van der Waals surface area contributed by atoms with E-state index in [1.807, 2.05) is 48.7 Å². The van der Waals surface area contributed by atoms with E-state index in [0.717, 1.165) is 54.8 Å². The lowest BCUT2D eigenvalue weighted by atomic mass is 9.68. The van der Waals surface area contributed by atoms with Gasteiger partial charge in [0.25, 0.3) is 0 Å². The number of hydrogen-bond donors (Lipinski definition) is 2. The highest BCUT2D eigenvalue weighted by atomic mass is 32.2. The second kappa shape index (κ2) is 13.3. The number of ether oxygens (including phenoxy) is 1. The van der Waals surface area contributed by atoms with Crippen LogP contribution in [0.15, 0.2) is 66.7 Å². The molecule has 2 aromatic carbocycles. The summed E-state index contributed by atoms with van der Waals surface area (Å²) in [4.78, 5) is 18.4. The lowest BCUT2D eigenvalue weighted by Crippen LogP contribution is -2.42. The van der Waals surface area contributed by atoms with Crippen molar-refractivity contribution in [2.24, 2.45) is 0 Å². The number of nitrogens with one attached hydrogen (secondary N) is 2. The quantitative estimate of drug-likeness (QED) is 0.439. The van der Waals surface area contributed by atoms with Crippen molar-refractivity contribution in [1.82, 2.24) is 9.71 Å². The molecule has 0 aliphatic heterocycles. The zero-order valence-corrected chi connectivity index (χ0v) is 21.1. The largest absolute Gasteiger partial charge is 0.497 e. The highest BCUT2D eigenvalue weighted by Crippen LogP contribution is 2.41. The number of carbonyl (C=O) groups excluding carboxylic acids is 1. The van der Waals surface area contributed by atoms with Gasteiger partial charge in [-0.3, -0.25) is 9.52 Å². The number of hydrogen-bond acceptors (Lipinski definition) is 5. The fourth-order valence-electron chi connectivity index (χ4n) is 4.56. The number of rotatable bonds is 8. The number of benzene rings is 2. The predicted octanol–water partition coefficient (Wildman–Crippen LogP) is 4.56. The molecule has 190 valence electrons. The van der Waals surface area contributed by atoms with Gasteiger partial charge >= 0.3 is 0 Å². The average Bonchev–Trinajstić information content (AvgIpc) is 2.88. The molecule has 0 spiro atoms. The third-order valence-electron chi connectivity index (χ3n) is 6.45. The molecular formula is C27H37N3O4S. The summed E-state index contributed by atoms with van der Waals surface area (Å²) in [5.74, 6) is 1.41. The molecule has 8 heteroatoms. The summed E-state index contributed by atoms with van der Waals surface area (Å²) in [6.07, 6.45) is 6.97. The van der Waals surface area contributed by atoms with Gasteiger partial charge in [-0.1, -0.05) is 73.7 Å². The van der Waals surface area contributed by atoms with Crippen LogP contribution >= 0.6 is 11.9 Å². The zero-order chi connectivity index (χ0) is 23.1. The van der Waals surface area contributed by atoms with Crippen LogP contribution in [0.3, 0.4) is 0 Å². The molecule has 0 radical (unpaired) electrons. The molecule has 0 atom stereocenters. The fourth-order valence-corrected chi connectivity index (χ4v) is 4.87. The van der Waals surface area contributed by atoms with Crippen molar-refractivity contribution in [2.75, 3.05) is 18.7 Å². The van der Waals surface area contributed by atoms with E-state index >= 15 is 0 Å². The van der Waals surface area contributed by atoms with Gasteiger partial charge < -0.3 is 21.0 Å². The molecule has 1 aromatic heterocycles. The number of pyridine rings is 1. The molecule has 1 aliphatic carbocycles. The van der Waals surface area contributed by atoms with Gasteiger partial charge in [0.05, 0.1) is 18.2 Å². The van der Waals surface area contributed by atoms with Crippen LogP contribution in [0.5, 0.6) is 5.75 Å². The van der Waals surface area contributed by atoms with Crippen LogP contribution in [0.2, 0.25) is 0 Å². The molecule has 35 heavy (non-hydrogen) atoms. The maximum Gasteiger partial charge on any atom is 0.236 e. The summed E-state index contributed by atoms with van der Waals surface area (Å²) in [5, 5.41) is 3.13. The first-order valence-corrected chi connectivity index (χ1v) is 12.7. The SMILES string of the molecule is COc1ccc(C2(C(=O)Nc3cccc(-c4ccc(CNSC)cc4)n3)CCCCC2)cc1.O.O.[HH]. The topological polar surface area (TPSA) is 126 Å². The van der Waals surface area contributed by atoms with Crippen molar-refractivity contribution in [3.05, 3.63) is 77.9 Å². The van der Waals surface area contributed by atoms with Gasteiger partial charge in [0.15, 0.2) is 0 Å². The lowest BCUT2D eigenvalue weighted by molar-refractivity contribution is -0.122. The van der Waals surface area contributed by atoms with Crippen LogP contribution in [0.1, 0.15) is 44.7 Å². The molecule has 1 heterocycles. The van der Waals surface area contributed by atoms with Gasteiger partial charge in [0.2, 0.25) is 5.91 Å². The van der Waals surface area contributed by atoms with Gasteiger partial charge in [0.1, 0.15) is 11.6 Å². The number of carbonyl (C=O) groups is 1. The van der Waals surface area contributed by atoms with E-state index in [1.54, 1.807) is 19.1 Å². The van der Waals surface area contributed by atoms with Gasteiger partial charge in [-0.2, -0.15) is 0 Å². The number of methoxy groups -OCH3 is 1. The first-order valence-electron chi connectivity index (χ1n) is 11.4. The fraction of sp³-hybridized carbons (Fsp3) is 0.333. The van der Waals surface area contributed by atoms with Crippen LogP contribution in [0, 0.1) is 0 Å². The summed E-state index contributed by atoms with van der Waals surface area (Å²) in [6.45, 7) is 0.818. The first kappa shape index (κ1) is 28.3. The second-order valence-electron chi connectivity index (χ2n) is 8.46. The Labute approximate surface area is 212 Å². The maximum atomic E-state index is 13.6. The van der Waals surface area contributed by atoms with Gasteiger partial charge in [-0.15, -0.1) is 0 Å². The van der Waals surface area contributed by atoms with E-state index in [4.69, 9.17) is 9.72 Å². The molecular weight excluding hydrogens is 462 g/mol. The average molecular weight is 500 g/mol. The molecule has 0 bridgehead atoms. The molecule has 1 fully saturated rings. The molecule has 1 aliphatic rings. The van der Waals surface area contributed by atoms with Crippen molar-refractivity contribution in [2.45, 2.75) is 44.1 Å². The van der Waals surface area contributed by atoms with Gasteiger partial charge in [-0.25, -0.2) is 4.98 Å². The number of amides is 1. The standard InChI is InChI=1S/C27H31N3O2S.2H2O.H2/c1-32-23-15-13-22(14-16-23)27(17-4-3-5-18-27)26(31)30-25-8-6-7-24(29-25)21-11-9-20(10-12-21)19-28-33-2;;;/h6-16,28H,3-5,17-19H2,1-2H3,(H,29,30,31);2*1H2;1H. The van der Waals surface area contributed by atoms with Crippen LogP contribution in [-0.4, -0.2) is 35.2 Å². The van der Waals surface area contributed by atoms with Crippen molar-refractivity contribution in [3.8, 4) is 17.0 Å². The van der Waals surface area contributed by atoms with Crippen LogP contribution in [0.4, 0.5) is 5.82 Å². The van der Waals surface area contributed by atoms with E-state index < -0.39 is 5.41 Å². The van der Waals surface area contributed by atoms with Crippen molar-refractivity contribution in [1.29, 1.82) is 0 Å². The third kappa shape index (κ3) is 6.61. The molecule has 0 unspecified atom stereocenters. The Hall–Kier alpha value is -2.91. The minimum absolute atomic E-state index is 0. The smallest absolute Gasteiger partial charge is 0.236 e. The Kier molecular flexibility index (Phi) is 10.7. The minimum atomic E-state index is -0.534. The Morgan fingerprint density at radius 1 is 1.00 bits per heavy atom. The molecule has 1 saturated carbocycles. The van der Waals surface area contributed by atoms with E-state index in [9.17, 15) is 4.79 Å². The molecule has 3 aromatic rings. The summed E-state index contributed by atoms with van der Waals surface area (Å²) in [5.41, 5.74) is 3.61. The molecule has 1 amide bonds. The summed E-state index contributed by atoms with van der Waals surface area (Å²) >= 11 is 1.61. The first-order chi connectivity index (χ1) is 16.1. The molecule has 7 nitrogen and oxygen atoms in total. The van der Waals surface area contributed by atoms with E-state index in [1.165, 1.54) is 12.0 Å². The van der Waals surface area contributed by atoms with Crippen molar-refractivity contribution in [3.63, 3.8) is 0 Å². The van der Waals surface area contributed by atoms with Gasteiger partial charge in [-0.05, 0) is 54.5 Å². The Bertz CT molecular complexity index is 1080. The lowest BCUT2D eigenvalue weighted by Gasteiger charge is -2.36. The maximum absolute atomic E-state index is 13.6. The van der Waals surface area contributed by atoms with Crippen LogP contribution < -0.4 is 14.8 Å². The number of aromatic nitrogens is 1. The molecule has 4 rings (SSSR count). The molecule has 6 N–H and O–H groups in total. The van der Waals surface area contributed by atoms with Crippen LogP contribution in [-0.2, 0) is 16.8 Å². The Morgan fingerprint density at radius 2 is 1.69 bits per heavy atom. The van der Waals surface area contributed by atoms with E-state index in [2.05, 4.69) is 34.3 Å². The number of nitrogens with zero attached hydrogens (tertiary/aromatic N) is 1. The Balaban J connectivity index is 0.00000216. The monoisotopic (exact) mass is 499 g/mol. The van der Waals surface area contributed by atoms with Gasteiger partial charge in [0, 0.05) is 13.5 Å².